The lowest BCUT2D eigenvalue weighted by molar-refractivity contribution is -0.132. The van der Waals surface area contributed by atoms with Crippen LogP contribution in [0.3, 0.4) is 0 Å². The van der Waals surface area contributed by atoms with Crippen LogP contribution < -0.4 is 14.4 Å². The Morgan fingerprint density at radius 2 is 1.87 bits per heavy atom. The molecule has 8 nitrogen and oxygen atoms in total. The zero-order valence-corrected chi connectivity index (χ0v) is 26.9. The summed E-state index contributed by atoms with van der Waals surface area (Å²) in [4.78, 5) is 28.9. The molecule has 0 unspecified atom stereocenters. The lowest BCUT2D eigenvalue weighted by atomic mass is 9.94. The standard InChI is InChI=1S/C36H31N3O5S2/c1-3-16-43-27-12-7-10-23(19-27)31-30(32(40)24-14-15-29-26(18-24)17-21(2)44-29)33(41)34(42)39(31)35-37-38-36(46-35)45-20-25-11-6-9-22-8-4-5-13-28(22)25/h4-15,18-19,21,31,40H,3,16-17,20H2,1-2H3/b32-30+/t21-,31+/m0/s1. The van der Waals surface area contributed by atoms with Gasteiger partial charge in [0.2, 0.25) is 5.13 Å². The number of rotatable bonds is 9. The molecule has 0 radical (unpaired) electrons. The van der Waals surface area contributed by atoms with E-state index in [2.05, 4.69) is 34.5 Å². The van der Waals surface area contributed by atoms with Crippen molar-refractivity contribution in [1.82, 2.24) is 10.2 Å². The van der Waals surface area contributed by atoms with E-state index in [0.29, 0.717) is 40.0 Å². The molecular formula is C36H31N3O5S2. The Kier molecular flexibility index (Phi) is 8.23. The zero-order chi connectivity index (χ0) is 31.8. The summed E-state index contributed by atoms with van der Waals surface area (Å²) < 4.78 is 12.4. The van der Waals surface area contributed by atoms with Crippen molar-refractivity contribution in [3.05, 3.63) is 113 Å². The van der Waals surface area contributed by atoms with Gasteiger partial charge in [0.25, 0.3) is 5.78 Å². The molecule has 232 valence electrons. The van der Waals surface area contributed by atoms with Gasteiger partial charge in [0.15, 0.2) is 4.34 Å². The first-order valence-electron chi connectivity index (χ1n) is 15.2. The molecule has 1 aromatic heterocycles. The SMILES string of the molecule is CCCOc1cccc([C@@H]2/C(=C(\O)c3ccc4c(c3)C[C@H](C)O4)C(=O)C(=O)N2c2nnc(SCc3cccc4ccccc34)s2)c1. The number of ether oxygens (including phenoxy) is 2. The highest BCUT2D eigenvalue weighted by Gasteiger charge is 2.48. The normalized spacial score (nSPS) is 18.6. The Balaban J connectivity index is 1.26. The number of fused-ring (bicyclic) bond motifs is 2. The number of anilines is 1. The van der Waals surface area contributed by atoms with Crippen molar-refractivity contribution in [2.75, 3.05) is 11.5 Å². The van der Waals surface area contributed by atoms with Crippen LogP contribution in [0.5, 0.6) is 11.5 Å². The molecular weight excluding hydrogens is 619 g/mol. The van der Waals surface area contributed by atoms with Crippen LogP contribution in [0, 0.1) is 0 Å². The summed E-state index contributed by atoms with van der Waals surface area (Å²) in [6.07, 6.45) is 1.54. The molecule has 1 saturated heterocycles. The summed E-state index contributed by atoms with van der Waals surface area (Å²) in [7, 11) is 0. The van der Waals surface area contributed by atoms with Crippen molar-refractivity contribution in [2.24, 2.45) is 0 Å². The van der Waals surface area contributed by atoms with Gasteiger partial charge in [-0.1, -0.05) is 84.6 Å². The number of nitrogens with zero attached hydrogens (tertiary/aromatic N) is 3. The Hall–Kier alpha value is -4.67. The maximum Gasteiger partial charge on any atom is 0.301 e. The molecule has 1 amide bonds. The van der Waals surface area contributed by atoms with Crippen LogP contribution in [-0.4, -0.2) is 39.7 Å². The number of Topliss-reactive ketones (excluding diaryl/α,β-unsaturated/α-hetero) is 1. The van der Waals surface area contributed by atoms with Crippen LogP contribution >= 0.6 is 23.1 Å². The molecule has 2 aliphatic rings. The summed E-state index contributed by atoms with van der Waals surface area (Å²) in [5.41, 5.74) is 3.16. The van der Waals surface area contributed by atoms with Crippen molar-refractivity contribution < 1.29 is 24.2 Å². The number of aliphatic hydroxyl groups excluding tert-OH is 1. The Labute approximate surface area is 274 Å². The average Bonchev–Trinajstić information content (AvgIpc) is 3.77. The molecule has 7 rings (SSSR count). The monoisotopic (exact) mass is 649 g/mol. The Bertz CT molecular complexity index is 2000. The minimum Gasteiger partial charge on any atom is -0.507 e. The molecule has 1 fully saturated rings. The van der Waals surface area contributed by atoms with Gasteiger partial charge >= 0.3 is 5.91 Å². The summed E-state index contributed by atoms with van der Waals surface area (Å²) >= 11 is 2.77. The van der Waals surface area contributed by atoms with Gasteiger partial charge in [0, 0.05) is 17.7 Å². The quantitative estimate of drug-likeness (QED) is 0.0570. The number of carbonyl (C=O) groups excluding carboxylic acids is 2. The number of thioether (sulfide) groups is 1. The average molecular weight is 650 g/mol. The van der Waals surface area contributed by atoms with Gasteiger partial charge in [0.05, 0.1) is 18.2 Å². The van der Waals surface area contributed by atoms with E-state index in [1.165, 1.54) is 38.9 Å². The van der Waals surface area contributed by atoms with Crippen molar-refractivity contribution in [3.63, 3.8) is 0 Å². The van der Waals surface area contributed by atoms with Crippen molar-refractivity contribution in [3.8, 4) is 11.5 Å². The Morgan fingerprint density at radius 3 is 2.74 bits per heavy atom. The number of benzene rings is 4. The van der Waals surface area contributed by atoms with Crippen LogP contribution in [0.15, 0.2) is 94.8 Å². The molecule has 3 heterocycles. The lowest BCUT2D eigenvalue weighted by Crippen LogP contribution is -2.29. The fourth-order valence-corrected chi connectivity index (χ4v) is 7.85. The van der Waals surface area contributed by atoms with E-state index >= 15 is 0 Å². The van der Waals surface area contributed by atoms with E-state index in [4.69, 9.17) is 9.47 Å². The third kappa shape index (κ3) is 5.63. The fraction of sp³-hybridized carbons (Fsp3) is 0.222. The molecule has 5 aromatic rings. The number of ketones is 1. The predicted octanol–water partition coefficient (Wildman–Crippen LogP) is 7.72. The number of carbonyl (C=O) groups is 2. The topological polar surface area (TPSA) is 102 Å². The number of amides is 1. The van der Waals surface area contributed by atoms with E-state index in [-0.39, 0.29) is 22.6 Å². The van der Waals surface area contributed by atoms with Crippen LogP contribution in [0.25, 0.3) is 16.5 Å². The second-order valence-electron chi connectivity index (χ2n) is 11.3. The number of hydrogen-bond donors (Lipinski definition) is 1. The van der Waals surface area contributed by atoms with Gasteiger partial charge < -0.3 is 14.6 Å². The smallest absolute Gasteiger partial charge is 0.301 e. The van der Waals surface area contributed by atoms with Gasteiger partial charge in [-0.05, 0) is 71.1 Å². The van der Waals surface area contributed by atoms with Crippen LogP contribution in [0.2, 0.25) is 0 Å². The number of hydrogen-bond acceptors (Lipinski definition) is 9. The van der Waals surface area contributed by atoms with E-state index in [9.17, 15) is 14.7 Å². The van der Waals surface area contributed by atoms with Gasteiger partial charge in [-0.15, -0.1) is 10.2 Å². The maximum atomic E-state index is 13.8. The van der Waals surface area contributed by atoms with E-state index in [1.54, 1.807) is 12.1 Å². The van der Waals surface area contributed by atoms with Crippen molar-refractivity contribution in [2.45, 2.75) is 48.9 Å². The number of aliphatic hydroxyl groups is 1. The summed E-state index contributed by atoms with van der Waals surface area (Å²) in [5, 5.41) is 23.1. The first-order valence-corrected chi connectivity index (χ1v) is 17.0. The molecule has 0 bridgehead atoms. The predicted molar refractivity (Wildman–Crippen MR) is 181 cm³/mol. The highest BCUT2D eigenvalue weighted by molar-refractivity contribution is 8.00. The van der Waals surface area contributed by atoms with Crippen molar-refractivity contribution in [1.29, 1.82) is 0 Å². The summed E-state index contributed by atoms with van der Waals surface area (Å²) in [6, 6.07) is 26.1. The lowest BCUT2D eigenvalue weighted by Gasteiger charge is -2.23. The molecule has 46 heavy (non-hydrogen) atoms. The van der Waals surface area contributed by atoms with Gasteiger partial charge in [-0.25, -0.2) is 0 Å². The molecule has 4 aromatic carbocycles. The van der Waals surface area contributed by atoms with E-state index < -0.39 is 17.7 Å². The first-order chi connectivity index (χ1) is 22.4. The van der Waals surface area contributed by atoms with Gasteiger partial charge in [-0.3, -0.25) is 14.5 Å². The van der Waals surface area contributed by atoms with Gasteiger partial charge in [0.1, 0.15) is 23.4 Å². The first kappa shape index (κ1) is 30.0. The van der Waals surface area contributed by atoms with Gasteiger partial charge in [-0.2, -0.15) is 0 Å². The largest absolute Gasteiger partial charge is 0.507 e. The fourth-order valence-electron chi connectivity index (χ4n) is 5.98. The summed E-state index contributed by atoms with van der Waals surface area (Å²) in [6.45, 7) is 4.52. The van der Waals surface area contributed by atoms with Crippen LogP contribution in [0.4, 0.5) is 5.13 Å². The third-order valence-electron chi connectivity index (χ3n) is 8.09. The minimum atomic E-state index is -0.933. The van der Waals surface area contributed by atoms with E-state index in [0.717, 1.165) is 23.1 Å². The second-order valence-corrected chi connectivity index (χ2v) is 13.5. The molecule has 2 atom stereocenters. The van der Waals surface area contributed by atoms with Crippen LogP contribution in [-0.2, 0) is 21.8 Å². The second kappa shape index (κ2) is 12.6. The Morgan fingerprint density at radius 1 is 1.04 bits per heavy atom. The third-order valence-corrected chi connectivity index (χ3v) is 10.2. The van der Waals surface area contributed by atoms with Crippen LogP contribution in [0.1, 0.15) is 48.6 Å². The maximum absolute atomic E-state index is 13.8. The molecule has 10 heteroatoms. The highest BCUT2D eigenvalue weighted by atomic mass is 32.2. The minimum absolute atomic E-state index is 0.00952. The molecule has 2 aliphatic heterocycles. The molecule has 1 N–H and O–H groups in total. The highest BCUT2D eigenvalue weighted by Crippen LogP contribution is 2.45. The zero-order valence-electron chi connectivity index (χ0n) is 25.3. The molecule has 0 saturated carbocycles. The van der Waals surface area contributed by atoms with E-state index in [1.807, 2.05) is 62.4 Å². The summed E-state index contributed by atoms with van der Waals surface area (Å²) in [5.74, 6) is 0.221. The van der Waals surface area contributed by atoms with Crippen molar-refractivity contribution >= 4 is 56.5 Å². The molecule has 0 aliphatic carbocycles. The number of aromatic nitrogens is 2. The molecule has 0 spiro atoms.